The molecule has 1 aliphatic heterocycles. The highest BCUT2D eigenvalue weighted by Gasteiger charge is 2.34. The van der Waals surface area contributed by atoms with Crippen LogP contribution in [-0.2, 0) is 6.42 Å². The summed E-state index contributed by atoms with van der Waals surface area (Å²) in [4.78, 5) is 2.56. The van der Waals surface area contributed by atoms with Crippen LogP contribution in [0.3, 0.4) is 0 Å². The van der Waals surface area contributed by atoms with Crippen molar-refractivity contribution in [2.75, 3.05) is 20.1 Å². The quantitative estimate of drug-likeness (QED) is 0.754. The lowest BCUT2D eigenvalue weighted by Gasteiger charge is -2.29. The summed E-state index contributed by atoms with van der Waals surface area (Å²) in [5, 5.41) is 3.48. The van der Waals surface area contributed by atoms with E-state index in [2.05, 4.69) is 53.7 Å². The molecule has 0 spiro atoms. The Morgan fingerprint density at radius 1 is 1.19 bits per heavy atom. The molecule has 1 heterocycles. The highest BCUT2D eigenvalue weighted by Crippen LogP contribution is 2.34. The fourth-order valence-corrected chi connectivity index (χ4v) is 3.03. The Morgan fingerprint density at radius 3 is 2.69 bits per heavy atom. The summed E-state index contributed by atoms with van der Waals surface area (Å²) in [5.41, 5.74) is 3.00. The molecule has 2 nitrogen and oxygen atoms in total. The normalized spacial score (nSPS) is 28.6. The van der Waals surface area contributed by atoms with Crippen molar-refractivity contribution in [2.24, 2.45) is 0 Å². The van der Waals surface area contributed by atoms with Gasteiger partial charge in [0.15, 0.2) is 0 Å². The third-order valence-electron chi connectivity index (χ3n) is 3.83. The Morgan fingerprint density at radius 2 is 1.94 bits per heavy atom. The minimum absolute atomic E-state index is 0.496. The van der Waals surface area contributed by atoms with Crippen LogP contribution < -0.4 is 5.32 Å². The van der Waals surface area contributed by atoms with Gasteiger partial charge in [0.25, 0.3) is 0 Å². The first-order chi connectivity index (χ1) is 7.90. The van der Waals surface area contributed by atoms with Gasteiger partial charge in [-0.1, -0.05) is 36.4 Å². The van der Waals surface area contributed by atoms with E-state index in [-0.39, 0.29) is 0 Å². The van der Waals surface area contributed by atoms with Crippen LogP contribution >= 0.6 is 0 Å². The largest absolute Gasteiger partial charge is 0.312 e. The van der Waals surface area contributed by atoms with E-state index in [0.29, 0.717) is 12.1 Å². The first-order valence-electron chi connectivity index (χ1n) is 6.04. The van der Waals surface area contributed by atoms with Gasteiger partial charge in [0.1, 0.15) is 0 Å². The van der Waals surface area contributed by atoms with Crippen molar-refractivity contribution in [1.82, 2.24) is 10.2 Å². The lowest BCUT2D eigenvalue weighted by molar-refractivity contribution is 0.217. The van der Waals surface area contributed by atoms with Crippen LogP contribution in [0, 0.1) is 0 Å². The van der Waals surface area contributed by atoms with Gasteiger partial charge in [-0.2, -0.15) is 0 Å². The van der Waals surface area contributed by atoms with Crippen molar-refractivity contribution >= 4 is 0 Å². The average Bonchev–Trinajstić information content (AvgIpc) is 2.95. The summed E-state index contributed by atoms with van der Waals surface area (Å²) in [6, 6.07) is 9.95. The molecule has 0 radical (unpaired) electrons. The molecule has 3 rings (SSSR count). The molecule has 0 saturated carbocycles. The molecule has 1 N–H and O–H groups in total. The van der Waals surface area contributed by atoms with E-state index in [9.17, 15) is 0 Å². The van der Waals surface area contributed by atoms with Gasteiger partial charge in [-0.3, -0.25) is 4.90 Å². The number of nitrogens with zero attached hydrogens (tertiary/aromatic N) is 1. The molecule has 0 fully saturated rings. The van der Waals surface area contributed by atoms with Gasteiger partial charge >= 0.3 is 0 Å². The highest BCUT2D eigenvalue weighted by molar-refractivity contribution is 5.37. The zero-order valence-corrected chi connectivity index (χ0v) is 9.69. The van der Waals surface area contributed by atoms with Gasteiger partial charge in [-0.25, -0.2) is 0 Å². The SMILES string of the molecule is CN[C@@H]1c2ccccc2C[C@H]1N1CC=CC1. The first-order valence-corrected chi connectivity index (χ1v) is 6.04. The molecule has 84 valence electrons. The van der Waals surface area contributed by atoms with Crippen LogP contribution in [0.5, 0.6) is 0 Å². The van der Waals surface area contributed by atoms with Gasteiger partial charge in [0, 0.05) is 25.2 Å². The van der Waals surface area contributed by atoms with Crippen molar-refractivity contribution in [3.05, 3.63) is 47.5 Å². The van der Waals surface area contributed by atoms with Gasteiger partial charge in [-0.05, 0) is 24.6 Å². The number of benzene rings is 1. The molecule has 1 aromatic rings. The number of rotatable bonds is 2. The summed E-state index contributed by atoms with van der Waals surface area (Å²) in [7, 11) is 2.07. The lowest BCUT2D eigenvalue weighted by Crippen LogP contribution is -2.40. The Balaban J connectivity index is 1.88. The standard InChI is InChI=1S/C14H18N2/c1-15-14-12-7-3-2-6-11(12)10-13(14)16-8-4-5-9-16/h2-7,13-15H,8-10H2,1H3/t13-,14-/m1/s1. The van der Waals surface area contributed by atoms with Crippen LogP contribution in [0.15, 0.2) is 36.4 Å². The predicted octanol–water partition coefficient (Wildman–Crippen LogP) is 1.74. The summed E-state index contributed by atoms with van der Waals surface area (Å²) in [6.45, 7) is 2.22. The van der Waals surface area contributed by atoms with Crippen LogP contribution in [0.25, 0.3) is 0 Å². The molecule has 0 aromatic heterocycles. The van der Waals surface area contributed by atoms with E-state index in [1.54, 1.807) is 0 Å². The van der Waals surface area contributed by atoms with Gasteiger partial charge in [0.05, 0.1) is 0 Å². The molecule has 1 aliphatic carbocycles. The first kappa shape index (κ1) is 10.1. The number of fused-ring (bicyclic) bond motifs is 1. The van der Waals surface area contributed by atoms with Crippen molar-refractivity contribution in [3.8, 4) is 0 Å². The molecule has 0 saturated heterocycles. The molecular weight excluding hydrogens is 196 g/mol. The minimum atomic E-state index is 0.496. The maximum Gasteiger partial charge on any atom is 0.0481 e. The second-order valence-electron chi connectivity index (χ2n) is 4.66. The zero-order valence-electron chi connectivity index (χ0n) is 9.69. The van der Waals surface area contributed by atoms with E-state index >= 15 is 0 Å². The summed E-state index contributed by atoms with van der Waals surface area (Å²) >= 11 is 0. The Kier molecular flexibility index (Phi) is 2.54. The van der Waals surface area contributed by atoms with E-state index in [4.69, 9.17) is 0 Å². The van der Waals surface area contributed by atoms with Crippen LogP contribution in [-0.4, -0.2) is 31.1 Å². The fourth-order valence-electron chi connectivity index (χ4n) is 3.03. The molecule has 0 bridgehead atoms. The average molecular weight is 214 g/mol. The summed E-state index contributed by atoms with van der Waals surface area (Å²) < 4.78 is 0. The molecule has 2 heteroatoms. The number of hydrogen-bond acceptors (Lipinski definition) is 2. The second-order valence-corrected chi connectivity index (χ2v) is 4.66. The van der Waals surface area contributed by atoms with Crippen LogP contribution in [0.4, 0.5) is 0 Å². The lowest BCUT2D eigenvalue weighted by atomic mass is 10.1. The monoisotopic (exact) mass is 214 g/mol. The maximum atomic E-state index is 3.48. The summed E-state index contributed by atoms with van der Waals surface area (Å²) in [5.74, 6) is 0. The van der Waals surface area contributed by atoms with Crippen molar-refractivity contribution < 1.29 is 0 Å². The van der Waals surface area contributed by atoms with Crippen LogP contribution in [0.1, 0.15) is 17.2 Å². The smallest absolute Gasteiger partial charge is 0.0481 e. The maximum absolute atomic E-state index is 3.48. The van der Waals surface area contributed by atoms with E-state index in [1.165, 1.54) is 17.5 Å². The Bertz CT molecular complexity index is 403. The fraction of sp³-hybridized carbons (Fsp3) is 0.429. The van der Waals surface area contributed by atoms with Crippen LogP contribution in [0.2, 0.25) is 0 Å². The third kappa shape index (κ3) is 1.49. The predicted molar refractivity (Wildman–Crippen MR) is 66.4 cm³/mol. The zero-order chi connectivity index (χ0) is 11.0. The highest BCUT2D eigenvalue weighted by atomic mass is 15.2. The Hall–Kier alpha value is -1.12. The van der Waals surface area contributed by atoms with Gasteiger partial charge < -0.3 is 5.32 Å². The number of likely N-dealkylation sites (N-methyl/N-ethyl adjacent to an activating group) is 1. The van der Waals surface area contributed by atoms with Crippen molar-refractivity contribution in [2.45, 2.75) is 18.5 Å². The van der Waals surface area contributed by atoms with Crippen molar-refractivity contribution in [3.63, 3.8) is 0 Å². The molecule has 2 atom stereocenters. The summed E-state index contributed by atoms with van der Waals surface area (Å²) in [6.07, 6.45) is 5.73. The van der Waals surface area contributed by atoms with Gasteiger partial charge in [0.2, 0.25) is 0 Å². The molecule has 16 heavy (non-hydrogen) atoms. The molecule has 0 unspecified atom stereocenters. The molecule has 0 amide bonds. The molecule has 1 aromatic carbocycles. The third-order valence-corrected chi connectivity index (χ3v) is 3.83. The number of hydrogen-bond donors (Lipinski definition) is 1. The minimum Gasteiger partial charge on any atom is -0.312 e. The van der Waals surface area contributed by atoms with Crippen molar-refractivity contribution in [1.29, 1.82) is 0 Å². The number of nitrogens with one attached hydrogen (secondary N) is 1. The molecular formula is C14H18N2. The second kappa shape index (κ2) is 4.04. The van der Waals surface area contributed by atoms with E-state index in [1.807, 2.05) is 0 Å². The van der Waals surface area contributed by atoms with Gasteiger partial charge in [-0.15, -0.1) is 0 Å². The topological polar surface area (TPSA) is 15.3 Å². The Labute approximate surface area is 97.0 Å². The molecule has 2 aliphatic rings. The van der Waals surface area contributed by atoms with E-state index < -0.39 is 0 Å². The van der Waals surface area contributed by atoms with E-state index in [0.717, 1.165) is 13.1 Å².